The Balaban J connectivity index is 1.80. The van der Waals surface area contributed by atoms with Crippen molar-refractivity contribution in [3.63, 3.8) is 0 Å². The summed E-state index contributed by atoms with van der Waals surface area (Å²) >= 11 is 0. The lowest BCUT2D eigenvalue weighted by molar-refractivity contribution is -0.133. The van der Waals surface area contributed by atoms with Crippen LogP contribution in [0.5, 0.6) is 0 Å². The third-order valence-corrected chi connectivity index (χ3v) is 4.73. The maximum Gasteiger partial charge on any atom is 0.233 e. The van der Waals surface area contributed by atoms with Gasteiger partial charge in [0.05, 0.1) is 5.41 Å². The van der Waals surface area contributed by atoms with E-state index in [-0.39, 0.29) is 11.7 Å². The lowest BCUT2D eigenvalue weighted by Crippen LogP contribution is -2.40. The standard InChI is InChI=1S/C16H21FN2O/c1-18(2)12-7-10-19(11-12)15(20)16(8-9-16)13-5-3-4-6-14(13)17/h3-6,12H,7-11H2,1-2H3. The monoisotopic (exact) mass is 276 g/mol. The molecule has 1 aromatic rings. The molecule has 1 atom stereocenters. The van der Waals surface area contributed by atoms with Crippen LogP contribution in [0.2, 0.25) is 0 Å². The number of carbonyl (C=O) groups excluding carboxylic acids is 1. The van der Waals surface area contributed by atoms with Gasteiger partial charge in [0.25, 0.3) is 0 Å². The summed E-state index contributed by atoms with van der Waals surface area (Å²) in [7, 11) is 4.09. The molecule has 1 amide bonds. The van der Waals surface area contributed by atoms with Crippen molar-refractivity contribution in [2.45, 2.75) is 30.7 Å². The van der Waals surface area contributed by atoms with E-state index in [9.17, 15) is 9.18 Å². The molecule has 1 aromatic carbocycles. The van der Waals surface area contributed by atoms with Crippen molar-refractivity contribution in [1.29, 1.82) is 0 Å². The number of nitrogens with zero attached hydrogens (tertiary/aromatic N) is 2. The molecular weight excluding hydrogens is 255 g/mol. The maximum absolute atomic E-state index is 14.0. The van der Waals surface area contributed by atoms with E-state index in [2.05, 4.69) is 4.90 Å². The minimum atomic E-state index is -0.577. The van der Waals surface area contributed by atoms with Gasteiger partial charge in [-0.25, -0.2) is 4.39 Å². The molecule has 0 spiro atoms. The Morgan fingerprint density at radius 2 is 2.05 bits per heavy atom. The van der Waals surface area contributed by atoms with Gasteiger partial charge in [0.1, 0.15) is 5.82 Å². The zero-order valence-corrected chi connectivity index (χ0v) is 12.1. The Bertz CT molecular complexity index is 525. The van der Waals surface area contributed by atoms with Gasteiger partial charge in [0.15, 0.2) is 0 Å². The van der Waals surface area contributed by atoms with Crippen molar-refractivity contribution in [1.82, 2.24) is 9.80 Å². The molecule has 1 unspecified atom stereocenters. The molecule has 2 aliphatic rings. The summed E-state index contributed by atoms with van der Waals surface area (Å²) in [5.41, 5.74) is 0.00492. The maximum atomic E-state index is 14.0. The second kappa shape index (κ2) is 4.85. The fourth-order valence-corrected chi connectivity index (χ4v) is 3.22. The molecule has 1 saturated heterocycles. The van der Waals surface area contributed by atoms with Crippen molar-refractivity contribution in [2.75, 3.05) is 27.2 Å². The number of hydrogen-bond acceptors (Lipinski definition) is 2. The molecule has 4 heteroatoms. The highest BCUT2D eigenvalue weighted by atomic mass is 19.1. The molecule has 3 rings (SSSR count). The van der Waals surface area contributed by atoms with E-state index in [0.717, 1.165) is 32.4 Å². The van der Waals surface area contributed by atoms with Gasteiger partial charge in [-0.15, -0.1) is 0 Å². The summed E-state index contributed by atoms with van der Waals surface area (Å²) in [6.45, 7) is 1.56. The number of halogens is 1. The SMILES string of the molecule is CN(C)C1CCN(C(=O)C2(c3ccccc3F)CC2)C1. The Hall–Kier alpha value is -1.42. The Morgan fingerprint density at radius 3 is 2.60 bits per heavy atom. The third kappa shape index (κ3) is 2.12. The first-order chi connectivity index (χ1) is 9.54. The summed E-state index contributed by atoms with van der Waals surface area (Å²) in [5, 5.41) is 0. The smallest absolute Gasteiger partial charge is 0.233 e. The lowest BCUT2D eigenvalue weighted by Gasteiger charge is -2.25. The van der Waals surface area contributed by atoms with Crippen LogP contribution in [0, 0.1) is 5.82 Å². The Labute approximate surface area is 119 Å². The molecule has 0 bridgehead atoms. The number of benzene rings is 1. The topological polar surface area (TPSA) is 23.6 Å². The van der Waals surface area contributed by atoms with E-state index in [1.54, 1.807) is 12.1 Å². The van der Waals surface area contributed by atoms with Crippen LogP contribution >= 0.6 is 0 Å². The highest BCUT2D eigenvalue weighted by Crippen LogP contribution is 2.50. The van der Waals surface area contributed by atoms with Gasteiger partial charge in [-0.2, -0.15) is 0 Å². The number of hydrogen-bond donors (Lipinski definition) is 0. The highest BCUT2D eigenvalue weighted by Gasteiger charge is 2.55. The number of likely N-dealkylation sites (tertiary alicyclic amines) is 1. The first-order valence-electron chi connectivity index (χ1n) is 7.25. The number of amides is 1. The van der Waals surface area contributed by atoms with E-state index in [1.807, 2.05) is 25.1 Å². The Kier molecular flexibility index (Phi) is 3.28. The van der Waals surface area contributed by atoms with Crippen molar-refractivity contribution in [2.24, 2.45) is 0 Å². The van der Waals surface area contributed by atoms with Gasteiger partial charge >= 0.3 is 0 Å². The molecule has 1 heterocycles. The van der Waals surface area contributed by atoms with Gasteiger partial charge in [-0.05, 0) is 39.4 Å². The first kappa shape index (κ1) is 13.6. The molecular formula is C16H21FN2O. The van der Waals surface area contributed by atoms with E-state index in [4.69, 9.17) is 0 Å². The molecule has 0 radical (unpaired) electrons. The van der Waals surface area contributed by atoms with Gasteiger partial charge < -0.3 is 9.80 Å². The normalized spacial score (nSPS) is 24.2. The quantitative estimate of drug-likeness (QED) is 0.843. The molecule has 0 aromatic heterocycles. The number of carbonyl (C=O) groups is 1. The number of likely N-dealkylation sites (N-methyl/N-ethyl adjacent to an activating group) is 1. The van der Waals surface area contributed by atoms with Crippen LogP contribution in [-0.2, 0) is 10.2 Å². The summed E-state index contributed by atoms with van der Waals surface area (Å²) < 4.78 is 14.0. The van der Waals surface area contributed by atoms with Gasteiger partial charge in [-0.1, -0.05) is 18.2 Å². The third-order valence-electron chi connectivity index (χ3n) is 4.73. The van der Waals surface area contributed by atoms with E-state index >= 15 is 0 Å². The minimum absolute atomic E-state index is 0.118. The zero-order valence-electron chi connectivity index (χ0n) is 12.1. The first-order valence-corrected chi connectivity index (χ1v) is 7.25. The average molecular weight is 276 g/mol. The highest BCUT2D eigenvalue weighted by molar-refractivity contribution is 5.91. The molecule has 1 aliphatic carbocycles. The van der Waals surface area contributed by atoms with Crippen molar-refractivity contribution in [3.8, 4) is 0 Å². The predicted molar refractivity (Wildman–Crippen MR) is 76.0 cm³/mol. The van der Waals surface area contributed by atoms with Crippen LogP contribution in [-0.4, -0.2) is 48.9 Å². The predicted octanol–water partition coefficient (Wildman–Crippen LogP) is 2.02. The van der Waals surface area contributed by atoms with Crippen molar-refractivity contribution < 1.29 is 9.18 Å². The summed E-state index contributed by atoms with van der Waals surface area (Å²) in [5.74, 6) is -0.131. The van der Waals surface area contributed by atoms with Crippen molar-refractivity contribution in [3.05, 3.63) is 35.6 Å². The van der Waals surface area contributed by atoms with Gasteiger partial charge in [0, 0.05) is 24.7 Å². The molecule has 3 nitrogen and oxygen atoms in total. The summed E-state index contributed by atoms with van der Waals surface area (Å²) in [4.78, 5) is 16.9. The molecule has 1 aliphatic heterocycles. The van der Waals surface area contributed by atoms with Crippen molar-refractivity contribution >= 4 is 5.91 Å². The molecule has 2 fully saturated rings. The van der Waals surface area contributed by atoms with Gasteiger partial charge in [-0.3, -0.25) is 4.79 Å². The minimum Gasteiger partial charge on any atom is -0.340 e. The second-order valence-electron chi connectivity index (χ2n) is 6.22. The van der Waals surface area contributed by atoms with Crippen LogP contribution in [0.25, 0.3) is 0 Å². The molecule has 0 N–H and O–H groups in total. The van der Waals surface area contributed by atoms with Crippen LogP contribution in [0.3, 0.4) is 0 Å². The lowest BCUT2D eigenvalue weighted by atomic mass is 9.94. The van der Waals surface area contributed by atoms with E-state index in [0.29, 0.717) is 11.6 Å². The van der Waals surface area contributed by atoms with Crippen LogP contribution in [0.1, 0.15) is 24.8 Å². The number of rotatable bonds is 3. The van der Waals surface area contributed by atoms with Crippen LogP contribution in [0.4, 0.5) is 4.39 Å². The largest absolute Gasteiger partial charge is 0.340 e. The Morgan fingerprint density at radius 1 is 1.35 bits per heavy atom. The second-order valence-corrected chi connectivity index (χ2v) is 6.22. The van der Waals surface area contributed by atoms with E-state index < -0.39 is 5.41 Å². The fourth-order valence-electron chi connectivity index (χ4n) is 3.22. The molecule has 108 valence electrons. The zero-order chi connectivity index (χ0) is 14.3. The summed E-state index contributed by atoms with van der Waals surface area (Å²) in [6, 6.07) is 7.14. The van der Waals surface area contributed by atoms with E-state index in [1.165, 1.54) is 6.07 Å². The average Bonchev–Trinajstić information content (AvgIpc) is 3.07. The fraction of sp³-hybridized carbons (Fsp3) is 0.562. The summed E-state index contributed by atoms with van der Waals surface area (Å²) in [6.07, 6.45) is 2.55. The molecule has 20 heavy (non-hydrogen) atoms. The van der Waals surface area contributed by atoms with Gasteiger partial charge in [0.2, 0.25) is 5.91 Å². The molecule has 1 saturated carbocycles. The van der Waals surface area contributed by atoms with Crippen LogP contribution < -0.4 is 0 Å². The van der Waals surface area contributed by atoms with Crippen LogP contribution in [0.15, 0.2) is 24.3 Å².